The van der Waals surface area contributed by atoms with Crippen molar-refractivity contribution in [3.05, 3.63) is 64.8 Å². The van der Waals surface area contributed by atoms with E-state index in [0.717, 1.165) is 28.9 Å². The van der Waals surface area contributed by atoms with Gasteiger partial charge in [-0.2, -0.15) is 5.10 Å². The first-order valence-corrected chi connectivity index (χ1v) is 10.9. The van der Waals surface area contributed by atoms with Crippen LogP contribution in [0.4, 0.5) is 0 Å². The standard InChI is InChI=1S/C26H30N2O5/c1-16(2)12-13-33-20-14-17(3)21(18(4)15-20)23-22(25(29)31-5)24(26(30)32-6)28(27-23)19-10-8-7-9-11-19/h7-11,14-16H,12-13H2,1-6H3. The first-order chi connectivity index (χ1) is 15.8. The maximum absolute atomic E-state index is 12.9. The van der Waals surface area contributed by atoms with Crippen LogP contribution in [-0.4, -0.2) is 42.5 Å². The smallest absolute Gasteiger partial charge is 0.357 e. The maximum Gasteiger partial charge on any atom is 0.357 e. The van der Waals surface area contributed by atoms with Gasteiger partial charge in [-0.05, 0) is 61.6 Å². The minimum absolute atomic E-state index is 0.0154. The number of carbonyl (C=O) groups excluding carboxylic acids is 2. The molecule has 0 N–H and O–H groups in total. The number of hydrogen-bond donors (Lipinski definition) is 0. The van der Waals surface area contributed by atoms with Crippen molar-refractivity contribution in [3.63, 3.8) is 0 Å². The van der Waals surface area contributed by atoms with Gasteiger partial charge in [0.05, 0.1) is 26.5 Å². The van der Waals surface area contributed by atoms with E-state index in [0.29, 0.717) is 23.9 Å². The van der Waals surface area contributed by atoms with E-state index < -0.39 is 11.9 Å². The molecule has 0 saturated heterocycles. The van der Waals surface area contributed by atoms with Crippen molar-refractivity contribution in [2.24, 2.45) is 5.92 Å². The summed E-state index contributed by atoms with van der Waals surface area (Å²) >= 11 is 0. The summed E-state index contributed by atoms with van der Waals surface area (Å²) in [6, 6.07) is 13.0. The summed E-state index contributed by atoms with van der Waals surface area (Å²) in [5.74, 6) is -0.0388. The van der Waals surface area contributed by atoms with Gasteiger partial charge in [0.15, 0.2) is 5.69 Å². The summed E-state index contributed by atoms with van der Waals surface area (Å²) in [6.45, 7) is 8.78. The number of hydrogen-bond acceptors (Lipinski definition) is 6. The topological polar surface area (TPSA) is 79.7 Å². The third kappa shape index (κ3) is 5.08. The Balaban J connectivity index is 2.21. The second-order valence-corrected chi connectivity index (χ2v) is 8.27. The van der Waals surface area contributed by atoms with Gasteiger partial charge < -0.3 is 14.2 Å². The van der Waals surface area contributed by atoms with Gasteiger partial charge >= 0.3 is 11.9 Å². The Labute approximate surface area is 194 Å². The van der Waals surface area contributed by atoms with Crippen molar-refractivity contribution < 1.29 is 23.8 Å². The summed E-state index contributed by atoms with van der Waals surface area (Å²) in [4.78, 5) is 25.7. The van der Waals surface area contributed by atoms with Crippen molar-refractivity contribution in [1.82, 2.24) is 9.78 Å². The first-order valence-electron chi connectivity index (χ1n) is 10.9. The number of carbonyl (C=O) groups is 2. The van der Waals surface area contributed by atoms with E-state index in [1.807, 2.05) is 44.2 Å². The SMILES string of the molecule is COC(=O)c1c(-c2c(C)cc(OCCC(C)C)cc2C)nn(-c2ccccc2)c1C(=O)OC. The first kappa shape index (κ1) is 24.0. The van der Waals surface area contributed by atoms with Crippen molar-refractivity contribution in [2.75, 3.05) is 20.8 Å². The molecule has 0 radical (unpaired) electrons. The second kappa shape index (κ2) is 10.3. The van der Waals surface area contributed by atoms with Gasteiger partial charge in [-0.1, -0.05) is 32.0 Å². The van der Waals surface area contributed by atoms with Crippen molar-refractivity contribution in [2.45, 2.75) is 34.1 Å². The molecule has 0 amide bonds. The zero-order chi connectivity index (χ0) is 24.1. The molecule has 33 heavy (non-hydrogen) atoms. The highest BCUT2D eigenvalue weighted by Crippen LogP contribution is 2.35. The Morgan fingerprint density at radius 3 is 2.12 bits per heavy atom. The molecule has 0 aliphatic carbocycles. The predicted molar refractivity (Wildman–Crippen MR) is 126 cm³/mol. The summed E-state index contributed by atoms with van der Waals surface area (Å²) in [5, 5.41) is 4.70. The number of methoxy groups -OCH3 is 2. The van der Waals surface area contributed by atoms with Crippen LogP contribution in [-0.2, 0) is 9.47 Å². The molecule has 7 nitrogen and oxygen atoms in total. The van der Waals surface area contributed by atoms with E-state index in [9.17, 15) is 9.59 Å². The molecular formula is C26H30N2O5. The van der Waals surface area contributed by atoms with Crippen LogP contribution >= 0.6 is 0 Å². The molecule has 0 aliphatic rings. The summed E-state index contributed by atoms with van der Waals surface area (Å²) in [6.07, 6.45) is 0.955. The van der Waals surface area contributed by atoms with Crippen molar-refractivity contribution in [1.29, 1.82) is 0 Å². The molecule has 1 heterocycles. The fourth-order valence-corrected chi connectivity index (χ4v) is 3.72. The monoisotopic (exact) mass is 450 g/mol. The minimum atomic E-state index is -0.679. The second-order valence-electron chi connectivity index (χ2n) is 8.27. The predicted octanol–water partition coefficient (Wildman–Crippen LogP) is 5.15. The molecule has 0 fully saturated rings. The van der Waals surface area contributed by atoms with E-state index in [2.05, 4.69) is 13.8 Å². The van der Waals surface area contributed by atoms with E-state index in [-0.39, 0.29) is 11.3 Å². The number of aryl methyl sites for hydroxylation is 2. The van der Waals surface area contributed by atoms with Crippen LogP contribution < -0.4 is 4.74 Å². The average molecular weight is 451 g/mol. The molecular weight excluding hydrogens is 420 g/mol. The van der Waals surface area contributed by atoms with Gasteiger partial charge in [0.2, 0.25) is 0 Å². The van der Waals surface area contributed by atoms with Gasteiger partial charge in [0, 0.05) is 5.56 Å². The normalized spacial score (nSPS) is 10.9. The molecule has 2 aromatic carbocycles. The lowest BCUT2D eigenvalue weighted by Gasteiger charge is -2.14. The fraction of sp³-hybridized carbons (Fsp3) is 0.346. The average Bonchev–Trinajstić information content (AvgIpc) is 3.18. The Bertz CT molecular complexity index is 1130. The van der Waals surface area contributed by atoms with Crippen LogP contribution in [0.25, 0.3) is 16.9 Å². The highest BCUT2D eigenvalue weighted by molar-refractivity contribution is 6.07. The number of aromatic nitrogens is 2. The summed E-state index contributed by atoms with van der Waals surface area (Å²) in [7, 11) is 2.55. The number of nitrogens with zero attached hydrogens (tertiary/aromatic N) is 2. The summed E-state index contributed by atoms with van der Waals surface area (Å²) < 4.78 is 17.4. The molecule has 174 valence electrons. The van der Waals surface area contributed by atoms with Gasteiger partial charge in [-0.3, -0.25) is 0 Å². The Morgan fingerprint density at radius 1 is 0.970 bits per heavy atom. The molecule has 0 bridgehead atoms. The third-order valence-electron chi connectivity index (χ3n) is 5.36. The van der Waals surface area contributed by atoms with E-state index in [4.69, 9.17) is 19.3 Å². The highest BCUT2D eigenvalue weighted by atomic mass is 16.5. The third-order valence-corrected chi connectivity index (χ3v) is 5.36. The fourth-order valence-electron chi connectivity index (χ4n) is 3.72. The van der Waals surface area contributed by atoms with E-state index >= 15 is 0 Å². The lowest BCUT2D eigenvalue weighted by atomic mass is 9.96. The molecule has 0 spiro atoms. The van der Waals surface area contributed by atoms with Crippen molar-refractivity contribution >= 4 is 11.9 Å². The Hall–Kier alpha value is -3.61. The van der Waals surface area contributed by atoms with Gasteiger partial charge in [-0.15, -0.1) is 0 Å². The number of para-hydroxylation sites is 1. The van der Waals surface area contributed by atoms with E-state index in [1.165, 1.54) is 18.9 Å². The van der Waals surface area contributed by atoms with Crippen LogP contribution in [0.1, 0.15) is 52.2 Å². The van der Waals surface area contributed by atoms with Gasteiger partial charge in [0.25, 0.3) is 0 Å². The highest BCUT2D eigenvalue weighted by Gasteiger charge is 2.32. The number of benzene rings is 2. The number of esters is 2. The van der Waals surface area contributed by atoms with Crippen LogP contribution in [0, 0.1) is 19.8 Å². The lowest BCUT2D eigenvalue weighted by molar-refractivity contribution is 0.0549. The maximum atomic E-state index is 12.9. The summed E-state index contributed by atoms with van der Waals surface area (Å²) in [5.41, 5.74) is 3.54. The molecule has 3 rings (SSSR count). The van der Waals surface area contributed by atoms with Crippen LogP contribution in [0.2, 0.25) is 0 Å². The molecule has 1 aromatic heterocycles. The van der Waals surface area contributed by atoms with Crippen LogP contribution in [0.3, 0.4) is 0 Å². The van der Waals surface area contributed by atoms with Crippen LogP contribution in [0.5, 0.6) is 5.75 Å². The molecule has 0 saturated carbocycles. The number of ether oxygens (including phenoxy) is 3. The number of rotatable bonds is 8. The molecule has 3 aromatic rings. The molecule has 0 aliphatic heterocycles. The van der Waals surface area contributed by atoms with Gasteiger partial charge in [-0.25, -0.2) is 14.3 Å². The Kier molecular flexibility index (Phi) is 7.53. The molecule has 0 atom stereocenters. The van der Waals surface area contributed by atoms with E-state index in [1.54, 1.807) is 12.1 Å². The lowest BCUT2D eigenvalue weighted by Crippen LogP contribution is -2.15. The van der Waals surface area contributed by atoms with Crippen LogP contribution in [0.15, 0.2) is 42.5 Å². The molecule has 7 heteroatoms. The quantitative estimate of drug-likeness (QED) is 0.441. The van der Waals surface area contributed by atoms with Crippen molar-refractivity contribution in [3.8, 4) is 22.7 Å². The zero-order valence-electron chi connectivity index (χ0n) is 20.0. The van der Waals surface area contributed by atoms with Gasteiger partial charge in [0.1, 0.15) is 17.0 Å². The molecule has 0 unspecified atom stereocenters. The Morgan fingerprint density at radius 2 is 1.58 bits per heavy atom. The zero-order valence-corrected chi connectivity index (χ0v) is 20.0. The minimum Gasteiger partial charge on any atom is -0.494 e. The largest absolute Gasteiger partial charge is 0.494 e.